The zero-order valence-corrected chi connectivity index (χ0v) is 12.0. The highest BCUT2D eigenvalue weighted by Crippen LogP contribution is 2.27. The average Bonchev–Trinajstić information content (AvgIpc) is 2.28. The van der Waals surface area contributed by atoms with Crippen LogP contribution in [-0.2, 0) is 0 Å². The molecular formula is C15H15BrFN. The van der Waals surface area contributed by atoms with Crippen LogP contribution in [0.3, 0.4) is 0 Å². The van der Waals surface area contributed by atoms with Crippen LogP contribution in [0.25, 0.3) is 0 Å². The van der Waals surface area contributed by atoms with E-state index < -0.39 is 0 Å². The Labute approximate surface area is 115 Å². The van der Waals surface area contributed by atoms with Crippen LogP contribution in [0.4, 0.5) is 4.39 Å². The van der Waals surface area contributed by atoms with Crippen molar-refractivity contribution in [1.29, 1.82) is 0 Å². The van der Waals surface area contributed by atoms with Crippen molar-refractivity contribution in [2.75, 3.05) is 0 Å². The van der Waals surface area contributed by atoms with Crippen molar-refractivity contribution in [3.8, 4) is 0 Å². The molecule has 0 aliphatic heterocycles. The summed E-state index contributed by atoms with van der Waals surface area (Å²) in [6.07, 6.45) is 0. The highest BCUT2D eigenvalue weighted by atomic mass is 79.9. The molecule has 0 heterocycles. The molecule has 0 bridgehead atoms. The topological polar surface area (TPSA) is 26.0 Å². The number of hydrogen-bond donors (Lipinski definition) is 1. The highest BCUT2D eigenvalue weighted by molar-refractivity contribution is 9.10. The van der Waals surface area contributed by atoms with Gasteiger partial charge < -0.3 is 5.73 Å². The van der Waals surface area contributed by atoms with Crippen molar-refractivity contribution in [1.82, 2.24) is 0 Å². The van der Waals surface area contributed by atoms with E-state index in [9.17, 15) is 4.39 Å². The molecule has 2 aromatic carbocycles. The van der Waals surface area contributed by atoms with Gasteiger partial charge in [-0.3, -0.25) is 0 Å². The van der Waals surface area contributed by atoms with E-state index >= 15 is 0 Å². The molecule has 0 radical (unpaired) electrons. The zero-order valence-electron chi connectivity index (χ0n) is 10.4. The number of aryl methyl sites for hydroxylation is 2. The first-order valence-corrected chi connectivity index (χ1v) is 6.56. The lowest BCUT2D eigenvalue weighted by molar-refractivity contribution is 0.624. The van der Waals surface area contributed by atoms with E-state index in [1.165, 1.54) is 12.1 Å². The zero-order chi connectivity index (χ0) is 13.3. The van der Waals surface area contributed by atoms with Crippen LogP contribution in [0, 0.1) is 19.7 Å². The van der Waals surface area contributed by atoms with Gasteiger partial charge in [0.1, 0.15) is 5.82 Å². The van der Waals surface area contributed by atoms with Crippen molar-refractivity contribution in [2.45, 2.75) is 19.9 Å². The largest absolute Gasteiger partial charge is 0.320 e. The van der Waals surface area contributed by atoms with Crippen molar-refractivity contribution in [2.24, 2.45) is 5.73 Å². The van der Waals surface area contributed by atoms with E-state index in [1.54, 1.807) is 6.07 Å². The van der Waals surface area contributed by atoms with E-state index in [0.717, 1.165) is 26.7 Å². The van der Waals surface area contributed by atoms with Crippen LogP contribution in [0.5, 0.6) is 0 Å². The van der Waals surface area contributed by atoms with Crippen molar-refractivity contribution in [3.63, 3.8) is 0 Å². The molecule has 0 aromatic heterocycles. The van der Waals surface area contributed by atoms with E-state index in [4.69, 9.17) is 5.73 Å². The number of rotatable bonds is 2. The van der Waals surface area contributed by atoms with Gasteiger partial charge in [-0.25, -0.2) is 4.39 Å². The lowest BCUT2D eigenvalue weighted by Gasteiger charge is -2.17. The third-order valence-electron chi connectivity index (χ3n) is 3.13. The third kappa shape index (κ3) is 2.62. The molecule has 0 aliphatic carbocycles. The normalized spacial score (nSPS) is 12.5. The molecular weight excluding hydrogens is 293 g/mol. The molecule has 1 nitrogen and oxygen atoms in total. The number of hydrogen-bond acceptors (Lipinski definition) is 1. The molecule has 0 saturated carbocycles. The maximum absolute atomic E-state index is 13.1. The molecule has 3 heteroatoms. The van der Waals surface area contributed by atoms with Crippen LogP contribution in [0.15, 0.2) is 40.9 Å². The minimum absolute atomic E-state index is 0.223. The maximum atomic E-state index is 13.1. The minimum Gasteiger partial charge on any atom is -0.320 e. The molecule has 2 rings (SSSR count). The summed E-state index contributed by atoms with van der Waals surface area (Å²) < 4.78 is 14.1. The quantitative estimate of drug-likeness (QED) is 0.881. The SMILES string of the molecule is Cc1cc(F)ccc1C(N)c1ccc(Br)cc1C. The Morgan fingerprint density at radius 1 is 1.00 bits per heavy atom. The monoisotopic (exact) mass is 307 g/mol. The summed E-state index contributed by atoms with van der Waals surface area (Å²) in [6, 6.07) is 10.5. The fraction of sp³-hybridized carbons (Fsp3) is 0.200. The van der Waals surface area contributed by atoms with Gasteiger partial charge in [-0.05, 0) is 60.4 Å². The van der Waals surface area contributed by atoms with Crippen LogP contribution in [0.2, 0.25) is 0 Å². The fourth-order valence-electron chi connectivity index (χ4n) is 2.14. The molecule has 94 valence electrons. The lowest BCUT2D eigenvalue weighted by atomic mass is 9.93. The Kier molecular flexibility index (Phi) is 3.83. The standard InChI is InChI=1S/C15H15BrFN/c1-9-7-11(16)3-5-13(9)15(18)14-6-4-12(17)8-10(14)2/h3-8,15H,18H2,1-2H3. The highest BCUT2D eigenvalue weighted by Gasteiger charge is 2.14. The second-order valence-corrected chi connectivity index (χ2v) is 5.40. The summed E-state index contributed by atoms with van der Waals surface area (Å²) in [7, 11) is 0. The van der Waals surface area contributed by atoms with E-state index in [1.807, 2.05) is 32.0 Å². The summed E-state index contributed by atoms with van der Waals surface area (Å²) >= 11 is 3.44. The first kappa shape index (κ1) is 13.2. The molecule has 2 N–H and O–H groups in total. The van der Waals surface area contributed by atoms with Gasteiger partial charge in [-0.15, -0.1) is 0 Å². The molecule has 0 saturated heterocycles. The summed E-state index contributed by atoms with van der Waals surface area (Å²) in [5.74, 6) is -0.226. The second-order valence-electron chi connectivity index (χ2n) is 4.48. The second kappa shape index (κ2) is 5.21. The Morgan fingerprint density at radius 2 is 1.56 bits per heavy atom. The smallest absolute Gasteiger partial charge is 0.123 e. The van der Waals surface area contributed by atoms with Gasteiger partial charge in [-0.2, -0.15) is 0 Å². The summed E-state index contributed by atoms with van der Waals surface area (Å²) in [4.78, 5) is 0. The Balaban J connectivity index is 2.44. The number of halogens is 2. The Morgan fingerprint density at radius 3 is 2.11 bits per heavy atom. The predicted molar refractivity (Wildman–Crippen MR) is 76.0 cm³/mol. The van der Waals surface area contributed by atoms with Crippen LogP contribution in [-0.4, -0.2) is 0 Å². The van der Waals surface area contributed by atoms with Gasteiger partial charge in [0.2, 0.25) is 0 Å². The summed E-state index contributed by atoms with van der Waals surface area (Å²) in [5, 5.41) is 0. The fourth-order valence-corrected chi connectivity index (χ4v) is 2.62. The van der Waals surface area contributed by atoms with Crippen LogP contribution < -0.4 is 5.73 Å². The van der Waals surface area contributed by atoms with Crippen LogP contribution >= 0.6 is 15.9 Å². The molecule has 0 amide bonds. The molecule has 2 aromatic rings. The van der Waals surface area contributed by atoms with Crippen molar-refractivity contribution >= 4 is 15.9 Å². The summed E-state index contributed by atoms with van der Waals surface area (Å²) in [5.41, 5.74) is 10.3. The number of benzene rings is 2. The lowest BCUT2D eigenvalue weighted by Crippen LogP contribution is -2.14. The average molecular weight is 308 g/mol. The molecule has 0 spiro atoms. The molecule has 0 aliphatic rings. The molecule has 0 fully saturated rings. The van der Waals surface area contributed by atoms with Gasteiger partial charge >= 0.3 is 0 Å². The van der Waals surface area contributed by atoms with E-state index in [2.05, 4.69) is 15.9 Å². The van der Waals surface area contributed by atoms with Crippen LogP contribution in [0.1, 0.15) is 28.3 Å². The summed E-state index contributed by atoms with van der Waals surface area (Å²) in [6.45, 7) is 3.91. The van der Waals surface area contributed by atoms with Gasteiger partial charge in [0.15, 0.2) is 0 Å². The molecule has 1 atom stereocenters. The first-order chi connectivity index (χ1) is 8.49. The van der Waals surface area contributed by atoms with E-state index in [-0.39, 0.29) is 11.9 Å². The van der Waals surface area contributed by atoms with Gasteiger partial charge in [-0.1, -0.05) is 28.1 Å². The first-order valence-electron chi connectivity index (χ1n) is 5.76. The van der Waals surface area contributed by atoms with E-state index in [0.29, 0.717) is 0 Å². The number of nitrogens with two attached hydrogens (primary N) is 1. The third-order valence-corrected chi connectivity index (χ3v) is 3.63. The Hall–Kier alpha value is -1.19. The van der Waals surface area contributed by atoms with Crippen molar-refractivity contribution < 1.29 is 4.39 Å². The van der Waals surface area contributed by atoms with Gasteiger partial charge in [0, 0.05) is 4.47 Å². The van der Waals surface area contributed by atoms with Gasteiger partial charge in [0.05, 0.1) is 6.04 Å². The van der Waals surface area contributed by atoms with Gasteiger partial charge in [0.25, 0.3) is 0 Å². The molecule has 18 heavy (non-hydrogen) atoms. The maximum Gasteiger partial charge on any atom is 0.123 e. The predicted octanol–water partition coefficient (Wildman–Crippen LogP) is 4.25. The minimum atomic E-state index is -0.226. The molecule has 1 unspecified atom stereocenters. The Bertz CT molecular complexity index is 529. The van der Waals surface area contributed by atoms with Crippen molar-refractivity contribution in [3.05, 3.63) is 68.9 Å².